The van der Waals surface area contributed by atoms with E-state index in [2.05, 4.69) is 26.8 Å². The third-order valence-electron chi connectivity index (χ3n) is 8.09. The fourth-order valence-corrected chi connectivity index (χ4v) is 5.40. The van der Waals surface area contributed by atoms with Crippen molar-refractivity contribution in [3.63, 3.8) is 0 Å². The highest BCUT2D eigenvalue weighted by molar-refractivity contribution is 5.95. The van der Waals surface area contributed by atoms with E-state index in [1.165, 1.54) is 12.8 Å². The number of piperidine rings is 1. The van der Waals surface area contributed by atoms with E-state index < -0.39 is 0 Å². The molecule has 0 aromatic heterocycles. The van der Waals surface area contributed by atoms with E-state index in [1.807, 2.05) is 29.2 Å². The Hall–Kier alpha value is -3.13. The van der Waals surface area contributed by atoms with Gasteiger partial charge in [-0.1, -0.05) is 39.0 Å². The van der Waals surface area contributed by atoms with Crippen LogP contribution in [0.25, 0.3) is 0 Å². The van der Waals surface area contributed by atoms with Crippen LogP contribution in [0.3, 0.4) is 0 Å². The zero-order valence-electron chi connectivity index (χ0n) is 19.4. The third-order valence-corrected chi connectivity index (χ3v) is 8.09. The van der Waals surface area contributed by atoms with Crippen molar-refractivity contribution in [3.05, 3.63) is 70.8 Å². The van der Waals surface area contributed by atoms with Crippen LogP contribution in [0, 0.1) is 28.1 Å². The number of nitrogens with zero attached hydrogens (tertiary/aromatic N) is 3. The quantitative estimate of drug-likeness (QED) is 0.706. The second-order valence-electron chi connectivity index (χ2n) is 10.3. The number of rotatable bonds is 4. The highest BCUT2D eigenvalue weighted by atomic mass is 16.2. The van der Waals surface area contributed by atoms with Crippen molar-refractivity contribution < 1.29 is 9.59 Å². The summed E-state index contributed by atoms with van der Waals surface area (Å²) in [6.45, 7) is 9.13. The van der Waals surface area contributed by atoms with Crippen LogP contribution in [0.2, 0.25) is 0 Å². The average Bonchev–Trinajstić information content (AvgIpc) is 2.92. The van der Waals surface area contributed by atoms with Crippen molar-refractivity contribution in [2.45, 2.75) is 40.2 Å². The highest BCUT2D eigenvalue weighted by Crippen LogP contribution is 2.59. The molecule has 5 nitrogen and oxygen atoms in total. The second kappa shape index (κ2) is 8.09. The van der Waals surface area contributed by atoms with Crippen LogP contribution in [-0.4, -0.2) is 41.8 Å². The molecule has 32 heavy (non-hydrogen) atoms. The number of fused-ring (bicyclic) bond motifs is 2. The standard InChI is InChI=1S/C27H31N3O2/c1-26(2)23-12-13-27(26,3)18-30(17-23)25(32)21-10-8-19(9-11-21)16-29(4)24(31)22-7-5-6-20(14-22)15-28/h5-11,14,23H,12-13,16-18H2,1-4H3. The topological polar surface area (TPSA) is 64.4 Å². The molecule has 0 N–H and O–H groups in total. The van der Waals surface area contributed by atoms with E-state index >= 15 is 0 Å². The second-order valence-corrected chi connectivity index (χ2v) is 10.3. The number of carbonyl (C=O) groups excluding carboxylic acids is 2. The minimum absolute atomic E-state index is 0.0999. The van der Waals surface area contributed by atoms with Crippen molar-refractivity contribution >= 4 is 11.8 Å². The maximum atomic E-state index is 13.2. The van der Waals surface area contributed by atoms with Crippen LogP contribution < -0.4 is 0 Å². The summed E-state index contributed by atoms with van der Waals surface area (Å²) in [5, 5.41) is 9.05. The van der Waals surface area contributed by atoms with E-state index in [9.17, 15) is 9.59 Å². The van der Waals surface area contributed by atoms with Crippen LogP contribution in [0.1, 0.15) is 65.5 Å². The molecule has 166 valence electrons. The molecule has 2 aliphatic rings. The largest absolute Gasteiger partial charge is 0.338 e. The summed E-state index contributed by atoms with van der Waals surface area (Å²) in [5.74, 6) is 0.522. The predicted octanol–water partition coefficient (Wildman–Crippen LogP) is 4.73. The summed E-state index contributed by atoms with van der Waals surface area (Å²) >= 11 is 0. The minimum atomic E-state index is -0.137. The number of hydrogen-bond donors (Lipinski definition) is 0. The Bertz CT molecular complexity index is 1080. The lowest BCUT2D eigenvalue weighted by molar-refractivity contribution is -0.0107. The summed E-state index contributed by atoms with van der Waals surface area (Å²) in [4.78, 5) is 29.6. The molecule has 2 bridgehead atoms. The first-order valence-corrected chi connectivity index (χ1v) is 11.3. The molecule has 2 amide bonds. The molecule has 5 heteroatoms. The fraction of sp³-hybridized carbons (Fsp3) is 0.444. The number of hydrogen-bond acceptors (Lipinski definition) is 3. The Morgan fingerprint density at radius 1 is 1.12 bits per heavy atom. The third kappa shape index (κ3) is 3.79. The van der Waals surface area contributed by atoms with Gasteiger partial charge < -0.3 is 9.80 Å². The van der Waals surface area contributed by atoms with Gasteiger partial charge in [0, 0.05) is 37.8 Å². The van der Waals surface area contributed by atoms with Gasteiger partial charge in [-0.25, -0.2) is 0 Å². The molecule has 1 heterocycles. The molecule has 4 rings (SSSR count). The highest BCUT2D eigenvalue weighted by Gasteiger charge is 2.56. The van der Waals surface area contributed by atoms with Crippen molar-refractivity contribution in [1.29, 1.82) is 5.26 Å². The summed E-state index contributed by atoms with van der Waals surface area (Å²) in [7, 11) is 1.74. The smallest absolute Gasteiger partial charge is 0.253 e. The van der Waals surface area contributed by atoms with E-state index in [0.717, 1.165) is 18.7 Å². The van der Waals surface area contributed by atoms with Gasteiger partial charge in [-0.05, 0) is 65.5 Å². The molecule has 2 atom stereocenters. The number of carbonyl (C=O) groups is 2. The number of likely N-dealkylation sites (tertiary alicyclic amines) is 1. The minimum Gasteiger partial charge on any atom is -0.338 e. The molecule has 2 aromatic carbocycles. The first-order chi connectivity index (χ1) is 15.1. The lowest BCUT2D eigenvalue weighted by Gasteiger charge is -2.50. The lowest BCUT2D eigenvalue weighted by Crippen LogP contribution is -2.53. The van der Waals surface area contributed by atoms with Gasteiger partial charge in [0.25, 0.3) is 11.8 Å². The zero-order valence-corrected chi connectivity index (χ0v) is 19.4. The van der Waals surface area contributed by atoms with Crippen LogP contribution in [0.15, 0.2) is 48.5 Å². The zero-order chi connectivity index (χ0) is 23.1. The van der Waals surface area contributed by atoms with Gasteiger partial charge in [0.05, 0.1) is 11.6 Å². The Labute approximate surface area is 190 Å². The van der Waals surface area contributed by atoms with Crippen molar-refractivity contribution in [2.24, 2.45) is 16.7 Å². The number of amides is 2. The molecule has 0 spiro atoms. The molecule has 2 unspecified atom stereocenters. The molecule has 0 radical (unpaired) electrons. The van der Waals surface area contributed by atoms with Crippen LogP contribution in [-0.2, 0) is 6.54 Å². The summed E-state index contributed by atoms with van der Waals surface area (Å²) in [6, 6.07) is 16.4. The first kappa shape index (κ1) is 22.1. The Morgan fingerprint density at radius 3 is 2.50 bits per heavy atom. The normalized spacial score (nSPS) is 23.5. The van der Waals surface area contributed by atoms with Crippen LogP contribution >= 0.6 is 0 Å². The van der Waals surface area contributed by atoms with Crippen molar-refractivity contribution in [2.75, 3.05) is 20.1 Å². The maximum Gasteiger partial charge on any atom is 0.253 e. The Balaban J connectivity index is 1.42. The molecule has 2 fully saturated rings. The van der Waals surface area contributed by atoms with Gasteiger partial charge in [0.2, 0.25) is 0 Å². The van der Waals surface area contributed by atoms with Gasteiger partial charge in [0.1, 0.15) is 0 Å². The maximum absolute atomic E-state index is 13.2. The number of nitriles is 1. The first-order valence-electron chi connectivity index (χ1n) is 11.3. The SMILES string of the molecule is CN(Cc1ccc(C(=O)N2CC3CCC(C)(C2)C3(C)C)cc1)C(=O)c1cccc(C#N)c1. The van der Waals surface area contributed by atoms with Gasteiger partial charge in [0.15, 0.2) is 0 Å². The molecule has 1 aliphatic heterocycles. The van der Waals surface area contributed by atoms with E-state index in [-0.39, 0.29) is 22.6 Å². The fourth-order valence-electron chi connectivity index (χ4n) is 5.40. The summed E-state index contributed by atoms with van der Waals surface area (Å²) < 4.78 is 0. The lowest BCUT2D eigenvalue weighted by atomic mass is 9.63. The summed E-state index contributed by atoms with van der Waals surface area (Å²) in [5.41, 5.74) is 3.08. The van der Waals surface area contributed by atoms with Gasteiger partial charge >= 0.3 is 0 Å². The van der Waals surface area contributed by atoms with Crippen molar-refractivity contribution in [3.8, 4) is 6.07 Å². The molecule has 1 saturated carbocycles. The molecule has 2 aromatic rings. The molecule has 1 saturated heterocycles. The average molecular weight is 430 g/mol. The van der Waals surface area contributed by atoms with E-state index in [4.69, 9.17) is 5.26 Å². The van der Waals surface area contributed by atoms with Crippen LogP contribution in [0.5, 0.6) is 0 Å². The van der Waals surface area contributed by atoms with Gasteiger partial charge in [-0.2, -0.15) is 5.26 Å². The van der Waals surface area contributed by atoms with Crippen molar-refractivity contribution in [1.82, 2.24) is 9.80 Å². The molecular formula is C27H31N3O2. The summed E-state index contributed by atoms with van der Waals surface area (Å²) in [6.07, 6.45) is 2.38. The van der Waals surface area contributed by atoms with Gasteiger partial charge in [-0.3, -0.25) is 9.59 Å². The Kier molecular flexibility index (Phi) is 5.58. The van der Waals surface area contributed by atoms with E-state index in [0.29, 0.717) is 29.2 Å². The predicted molar refractivity (Wildman–Crippen MR) is 124 cm³/mol. The molecular weight excluding hydrogens is 398 g/mol. The monoisotopic (exact) mass is 429 g/mol. The molecule has 1 aliphatic carbocycles. The van der Waals surface area contributed by atoms with E-state index in [1.54, 1.807) is 36.2 Å². The van der Waals surface area contributed by atoms with Gasteiger partial charge in [-0.15, -0.1) is 0 Å². The Morgan fingerprint density at radius 2 is 1.84 bits per heavy atom. The number of benzene rings is 2. The van der Waals surface area contributed by atoms with Crippen LogP contribution in [0.4, 0.5) is 0 Å².